The zero-order chi connectivity index (χ0) is 12.1. The molecule has 0 aliphatic heterocycles. The fourth-order valence-electron chi connectivity index (χ4n) is 1.35. The summed E-state index contributed by atoms with van der Waals surface area (Å²) in [5, 5.41) is 3.25. The number of hydrogen-bond acceptors (Lipinski definition) is 3. The van der Waals surface area contributed by atoms with Crippen molar-refractivity contribution in [1.82, 2.24) is 0 Å². The average molecular weight is 221 g/mol. The standard InChI is InChI=1S/C13H19NO2/c1-9(2)14-12-7-5-6-11(8-12)13(15)16-10(3)4/h5-10,14H,1-4H3. The van der Waals surface area contributed by atoms with Gasteiger partial charge in [0.2, 0.25) is 0 Å². The fraction of sp³-hybridized carbons (Fsp3) is 0.462. The third-order valence-corrected chi connectivity index (χ3v) is 1.90. The van der Waals surface area contributed by atoms with E-state index in [4.69, 9.17) is 4.74 Å². The van der Waals surface area contributed by atoms with E-state index in [-0.39, 0.29) is 12.1 Å². The van der Waals surface area contributed by atoms with Gasteiger partial charge >= 0.3 is 5.97 Å². The van der Waals surface area contributed by atoms with Crippen molar-refractivity contribution in [3.05, 3.63) is 29.8 Å². The number of nitrogens with one attached hydrogen (secondary N) is 1. The van der Waals surface area contributed by atoms with Gasteiger partial charge in [-0.3, -0.25) is 0 Å². The molecular weight excluding hydrogens is 202 g/mol. The maximum atomic E-state index is 11.6. The Balaban J connectivity index is 2.77. The zero-order valence-corrected chi connectivity index (χ0v) is 10.3. The number of benzene rings is 1. The van der Waals surface area contributed by atoms with Crippen molar-refractivity contribution in [2.24, 2.45) is 0 Å². The van der Waals surface area contributed by atoms with E-state index in [0.717, 1.165) is 5.69 Å². The molecular formula is C13H19NO2. The number of rotatable bonds is 4. The van der Waals surface area contributed by atoms with E-state index in [0.29, 0.717) is 11.6 Å². The molecule has 0 fully saturated rings. The third-order valence-electron chi connectivity index (χ3n) is 1.90. The maximum Gasteiger partial charge on any atom is 0.338 e. The van der Waals surface area contributed by atoms with E-state index in [1.54, 1.807) is 6.07 Å². The Kier molecular flexibility index (Phi) is 4.35. The van der Waals surface area contributed by atoms with E-state index >= 15 is 0 Å². The van der Waals surface area contributed by atoms with Crippen molar-refractivity contribution >= 4 is 11.7 Å². The molecule has 0 spiro atoms. The van der Waals surface area contributed by atoms with Gasteiger partial charge in [-0.05, 0) is 45.9 Å². The minimum absolute atomic E-state index is 0.0887. The van der Waals surface area contributed by atoms with Gasteiger partial charge in [0, 0.05) is 11.7 Å². The highest BCUT2D eigenvalue weighted by molar-refractivity contribution is 5.90. The molecule has 0 radical (unpaired) electrons. The van der Waals surface area contributed by atoms with Crippen LogP contribution in [0, 0.1) is 0 Å². The summed E-state index contributed by atoms with van der Waals surface area (Å²) >= 11 is 0. The van der Waals surface area contributed by atoms with Crippen LogP contribution in [0.3, 0.4) is 0 Å². The van der Waals surface area contributed by atoms with Gasteiger partial charge in [0.15, 0.2) is 0 Å². The first kappa shape index (κ1) is 12.6. The lowest BCUT2D eigenvalue weighted by atomic mass is 10.2. The molecule has 0 bridgehead atoms. The Morgan fingerprint density at radius 2 is 1.94 bits per heavy atom. The van der Waals surface area contributed by atoms with Crippen LogP contribution in [0.25, 0.3) is 0 Å². The van der Waals surface area contributed by atoms with Crippen LogP contribution in [-0.2, 0) is 4.74 Å². The van der Waals surface area contributed by atoms with Gasteiger partial charge in [-0.25, -0.2) is 4.79 Å². The van der Waals surface area contributed by atoms with Gasteiger partial charge in [-0.2, -0.15) is 0 Å². The second-order valence-electron chi connectivity index (χ2n) is 4.33. The first-order valence-corrected chi connectivity index (χ1v) is 5.56. The predicted octanol–water partition coefficient (Wildman–Crippen LogP) is 3.07. The monoisotopic (exact) mass is 221 g/mol. The SMILES string of the molecule is CC(C)Nc1cccc(C(=O)OC(C)C)c1. The highest BCUT2D eigenvalue weighted by Crippen LogP contribution is 2.13. The lowest BCUT2D eigenvalue weighted by molar-refractivity contribution is 0.0378. The second kappa shape index (κ2) is 5.54. The molecule has 0 unspecified atom stereocenters. The Morgan fingerprint density at radius 1 is 1.25 bits per heavy atom. The van der Waals surface area contributed by atoms with Crippen LogP contribution in [-0.4, -0.2) is 18.1 Å². The zero-order valence-electron chi connectivity index (χ0n) is 10.3. The normalized spacial score (nSPS) is 10.6. The number of hydrogen-bond donors (Lipinski definition) is 1. The quantitative estimate of drug-likeness (QED) is 0.794. The number of carbonyl (C=O) groups is 1. The second-order valence-corrected chi connectivity index (χ2v) is 4.33. The molecule has 0 aromatic heterocycles. The minimum Gasteiger partial charge on any atom is -0.459 e. The molecule has 0 aliphatic carbocycles. The highest BCUT2D eigenvalue weighted by atomic mass is 16.5. The Labute approximate surface area is 96.8 Å². The molecule has 0 saturated heterocycles. The smallest absolute Gasteiger partial charge is 0.338 e. The molecule has 1 aromatic rings. The fourth-order valence-corrected chi connectivity index (χ4v) is 1.35. The van der Waals surface area contributed by atoms with Gasteiger partial charge < -0.3 is 10.1 Å². The number of esters is 1. The van der Waals surface area contributed by atoms with Crippen molar-refractivity contribution in [2.45, 2.75) is 39.8 Å². The molecule has 88 valence electrons. The van der Waals surface area contributed by atoms with E-state index in [1.165, 1.54) is 0 Å². The van der Waals surface area contributed by atoms with Crippen molar-refractivity contribution in [1.29, 1.82) is 0 Å². The van der Waals surface area contributed by atoms with E-state index in [2.05, 4.69) is 19.2 Å². The molecule has 3 heteroatoms. The maximum absolute atomic E-state index is 11.6. The van der Waals surface area contributed by atoms with Gasteiger partial charge in [0.25, 0.3) is 0 Å². The number of anilines is 1. The third kappa shape index (κ3) is 3.93. The molecule has 0 aliphatic rings. The summed E-state index contributed by atoms with van der Waals surface area (Å²) < 4.78 is 5.13. The summed E-state index contributed by atoms with van der Waals surface area (Å²) in [5.41, 5.74) is 1.52. The molecule has 16 heavy (non-hydrogen) atoms. The summed E-state index contributed by atoms with van der Waals surface area (Å²) in [6.45, 7) is 7.79. The largest absolute Gasteiger partial charge is 0.459 e. The van der Waals surface area contributed by atoms with Crippen LogP contribution >= 0.6 is 0 Å². The summed E-state index contributed by atoms with van der Waals surface area (Å²) in [4.78, 5) is 11.6. The Bertz CT molecular complexity index is 359. The average Bonchev–Trinajstić information content (AvgIpc) is 2.16. The van der Waals surface area contributed by atoms with Gasteiger partial charge in [0.1, 0.15) is 0 Å². The van der Waals surface area contributed by atoms with Gasteiger partial charge in [0.05, 0.1) is 11.7 Å². The summed E-state index contributed by atoms with van der Waals surface area (Å²) in [5.74, 6) is -0.276. The molecule has 1 rings (SSSR count). The predicted molar refractivity (Wildman–Crippen MR) is 65.8 cm³/mol. The Morgan fingerprint density at radius 3 is 2.50 bits per heavy atom. The van der Waals surface area contributed by atoms with Crippen LogP contribution in [0.4, 0.5) is 5.69 Å². The van der Waals surface area contributed by atoms with Crippen LogP contribution < -0.4 is 5.32 Å². The lowest BCUT2D eigenvalue weighted by Gasteiger charge is -2.12. The van der Waals surface area contributed by atoms with Crippen LogP contribution in [0.1, 0.15) is 38.1 Å². The molecule has 0 atom stereocenters. The van der Waals surface area contributed by atoms with Gasteiger partial charge in [-0.1, -0.05) is 6.07 Å². The van der Waals surface area contributed by atoms with Crippen molar-refractivity contribution in [3.63, 3.8) is 0 Å². The van der Waals surface area contributed by atoms with E-state index in [9.17, 15) is 4.79 Å². The minimum atomic E-state index is -0.276. The molecule has 0 heterocycles. The Hall–Kier alpha value is -1.51. The molecule has 1 aromatic carbocycles. The summed E-state index contributed by atoms with van der Waals surface area (Å²) in [7, 11) is 0. The first-order chi connectivity index (χ1) is 7.49. The van der Waals surface area contributed by atoms with Crippen LogP contribution in [0.2, 0.25) is 0 Å². The number of ether oxygens (including phenoxy) is 1. The van der Waals surface area contributed by atoms with Crippen molar-refractivity contribution in [3.8, 4) is 0 Å². The summed E-state index contributed by atoms with van der Waals surface area (Å²) in [6.07, 6.45) is -0.0887. The number of carbonyl (C=O) groups excluding carboxylic acids is 1. The van der Waals surface area contributed by atoms with Crippen molar-refractivity contribution < 1.29 is 9.53 Å². The van der Waals surface area contributed by atoms with E-state index in [1.807, 2.05) is 32.0 Å². The first-order valence-electron chi connectivity index (χ1n) is 5.56. The lowest BCUT2D eigenvalue weighted by Crippen LogP contribution is -2.13. The molecule has 0 saturated carbocycles. The molecule has 1 N–H and O–H groups in total. The van der Waals surface area contributed by atoms with Gasteiger partial charge in [-0.15, -0.1) is 0 Å². The molecule has 0 amide bonds. The van der Waals surface area contributed by atoms with Crippen molar-refractivity contribution in [2.75, 3.05) is 5.32 Å². The van der Waals surface area contributed by atoms with E-state index < -0.39 is 0 Å². The molecule has 3 nitrogen and oxygen atoms in total. The highest BCUT2D eigenvalue weighted by Gasteiger charge is 2.09. The van der Waals surface area contributed by atoms with Crippen LogP contribution in [0.15, 0.2) is 24.3 Å². The summed E-state index contributed by atoms with van der Waals surface area (Å²) in [6, 6.07) is 7.70. The topological polar surface area (TPSA) is 38.3 Å². The van der Waals surface area contributed by atoms with Crippen LogP contribution in [0.5, 0.6) is 0 Å².